The number of carbonyl (C=O) groups excluding carboxylic acids is 1. The molecule has 2 heterocycles. The van der Waals surface area contributed by atoms with Crippen molar-refractivity contribution in [1.29, 1.82) is 0 Å². The average Bonchev–Trinajstić information content (AvgIpc) is 3.38. The monoisotopic (exact) mass is 524 g/mol. The first-order chi connectivity index (χ1) is 14.5. The van der Waals surface area contributed by atoms with Gasteiger partial charge in [-0.15, -0.1) is 11.3 Å². The summed E-state index contributed by atoms with van der Waals surface area (Å²) in [5.41, 5.74) is 2.63. The van der Waals surface area contributed by atoms with Crippen molar-refractivity contribution in [2.45, 2.75) is 25.8 Å². The molecule has 0 unspecified atom stereocenters. The Hall–Kier alpha value is -1.94. The van der Waals surface area contributed by atoms with Crippen molar-refractivity contribution >= 4 is 73.0 Å². The molecule has 3 aromatic rings. The molecule has 0 fully saturated rings. The summed E-state index contributed by atoms with van der Waals surface area (Å²) in [6, 6.07) is 7.65. The molecule has 0 spiro atoms. The van der Waals surface area contributed by atoms with Crippen LogP contribution in [0.1, 0.15) is 32.8 Å². The lowest BCUT2D eigenvalue weighted by Crippen LogP contribution is -2.21. The van der Waals surface area contributed by atoms with Crippen LogP contribution >= 0.6 is 51.1 Å². The van der Waals surface area contributed by atoms with Crippen molar-refractivity contribution in [2.75, 3.05) is 17.7 Å². The van der Waals surface area contributed by atoms with Gasteiger partial charge in [0, 0.05) is 16.1 Å². The van der Waals surface area contributed by atoms with Gasteiger partial charge in [-0.2, -0.15) is 5.10 Å². The molecule has 0 atom stereocenters. The number of rotatable bonds is 5. The van der Waals surface area contributed by atoms with E-state index in [9.17, 15) is 4.79 Å². The number of thiophene rings is 1. The van der Waals surface area contributed by atoms with Gasteiger partial charge in [-0.1, -0.05) is 29.8 Å². The maximum Gasteiger partial charge on any atom is 0.341 e. The maximum absolute atomic E-state index is 12.3. The molecule has 10 heteroatoms. The molecular weight excluding hydrogens is 508 g/mol. The van der Waals surface area contributed by atoms with Gasteiger partial charge in [-0.25, -0.2) is 4.79 Å². The van der Waals surface area contributed by atoms with Crippen LogP contribution in [0.5, 0.6) is 0 Å². The van der Waals surface area contributed by atoms with Gasteiger partial charge in [0.05, 0.1) is 23.7 Å². The van der Waals surface area contributed by atoms with Gasteiger partial charge in [0.2, 0.25) is 0 Å². The zero-order valence-electron chi connectivity index (χ0n) is 16.0. The highest BCUT2D eigenvalue weighted by atomic mass is 79.9. The lowest BCUT2D eigenvalue weighted by molar-refractivity contribution is 0.0601. The van der Waals surface area contributed by atoms with Crippen molar-refractivity contribution in [2.24, 2.45) is 0 Å². The number of halogens is 2. The maximum atomic E-state index is 12.3. The molecule has 2 aromatic heterocycles. The molecule has 1 aliphatic carbocycles. The van der Waals surface area contributed by atoms with Crippen LogP contribution in [-0.2, 0) is 24.1 Å². The zero-order valence-corrected chi connectivity index (χ0v) is 20.0. The minimum Gasteiger partial charge on any atom is -0.465 e. The fraction of sp³-hybridized carbons (Fsp3) is 0.250. The Morgan fingerprint density at radius 2 is 2.17 bits per heavy atom. The first-order valence-corrected chi connectivity index (χ1v) is 11.6. The number of nitrogens with zero attached hydrogens (tertiary/aromatic N) is 2. The van der Waals surface area contributed by atoms with Gasteiger partial charge in [0.15, 0.2) is 10.9 Å². The number of hydrogen-bond donors (Lipinski definition) is 2. The lowest BCUT2D eigenvalue weighted by atomic mass is 10.1. The van der Waals surface area contributed by atoms with Crippen molar-refractivity contribution in [3.05, 3.63) is 61.5 Å². The molecule has 2 N–H and O–H groups in total. The van der Waals surface area contributed by atoms with Gasteiger partial charge in [-0.3, -0.25) is 4.68 Å². The fourth-order valence-electron chi connectivity index (χ4n) is 3.42. The first kappa shape index (κ1) is 21.3. The van der Waals surface area contributed by atoms with E-state index in [1.807, 2.05) is 30.5 Å². The highest BCUT2D eigenvalue weighted by Crippen LogP contribution is 2.39. The van der Waals surface area contributed by atoms with E-state index in [0.29, 0.717) is 33.1 Å². The zero-order chi connectivity index (χ0) is 21.3. The molecule has 1 aliphatic rings. The fourth-order valence-corrected chi connectivity index (χ4v) is 5.57. The third kappa shape index (κ3) is 4.39. The normalized spacial score (nSPS) is 12.5. The summed E-state index contributed by atoms with van der Waals surface area (Å²) >= 11 is 16.8. The number of anilines is 2. The molecule has 156 valence electrons. The van der Waals surface area contributed by atoms with Gasteiger partial charge in [-0.05, 0) is 64.6 Å². The molecule has 0 amide bonds. The van der Waals surface area contributed by atoms with Gasteiger partial charge < -0.3 is 15.4 Å². The molecule has 30 heavy (non-hydrogen) atoms. The number of fused-ring (bicyclic) bond motifs is 1. The van der Waals surface area contributed by atoms with E-state index in [1.165, 1.54) is 12.0 Å². The minimum atomic E-state index is -0.343. The third-order valence-corrected chi connectivity index (χ3v) is 7.14. The summed E-state index contributed by atoms with van der Waals surface area (Å²) in [6.07, 6.45) is 4.78. The number of carbonyl (C=O) groups is 1. The number of hydrogen-bond acceptors (Lipinski definition) is 5. The van der Waals surface area contributed by atoms with Crippen LogP contribution < -0.4 is 10.6 Å². The Morgan fingerprint density at radius 3 is 2.93 bits per heavy atom. The summed E-state index contributed by atoms with van der Waals surface area (Å²) in [5, 5.41) is 12.5. The van der Waals surface area contributed by atoms with Crippen molar-refractivity contribution in [3.8, 4) is 0 Å². The second-order valence-corrected chi connectivity index (χ2v) is 9.52. The van der Waals surface area contributed by atoms with Gasteiger partial charge in [0.25, 0.3) is 0 Å². The SMILES string of the molecule is COC(=O)c1c(NC(=S)Nc2nn(Cc3ccccc3Cl)cc2Br)sc2c1CCC2. The third-order valence-electron chi connectivity index (χ3n) is 4.78. The number of methoxy groups -OCH3 is 1. The topological polar surface area (TPSA) is 68.2 Å². The summed E-state index contributed by atoms with van der Waals surface area (Å²) in [7, 11) is 1.39. The van der Waals surface area contributed by atoms with Crippen LogP contribution in [0, 0.1) is 0 Å². The second-order valence-electron chi connectivity index (χ2n) is 6.75. The number of benzene rings is 1. The highest BCUT2D eigenvalue weighted by molar-refractivity contribution is 9.10. The Kier molecular flexibility index (Phi) is 6.43. The molecule has 4 rings (SSSR count). The number of esters is 1. The summed E-state index contributed by atoms with van der Waals surface area (Å²) in [5.74, 6) is 0.230. The standard InChI is InChI=1S/C20H18BrClN4O2S2/c1-28-19(27)16-12-6-4-8-15(12)30-18(16)24-20(29)23-17-13(21)10-26(25-17)9-11-5-2-3-7-14(11)22/h2-3,5,7,10H,4,6,8-9H2,1H3,(H2,23,24,25,29). The number of ether oxygens (including phenoxy) is 1. The summed E-state index contributed by atoms with van der Waals surface area (Å²) in [6.45, 7) is 0.532. The molecular formula is C20H18BrClN4O2S2. The van der Waals surface area contributed by atoms with Crippen molar-refractivity contribution in [3.63, 3.8) is 0 Å². The predicted molar refractivity (Wildman–Crippen MR) is 128 cm³/mol. The summed E-state index contributed by atoms with van der Waals surface area (Å²) in [4.78, 5) is 13.5. The van der Waals surface area contributed by atoms with Crippen LogP contribution in [0.25, 0.3) is 0 Å². The Morgan fingerprint density at radius 1 is 1.37 bits per heavy atom. The number of nitrogens with one attached hydrogen (secondary N) is 2. The second kappa shape index (κ2) is 9.05. The smallest absolute Gasteiger partial charge is 0.341 e. The molecule has 0 bridgehead atoms. The number of aromatic nitrogens is 2. The Bertz CT molecular complexity index is 1130. The van der Waals surface area contributed by atoms with E-state index in [0.717, 1.165) is 34.9 Å². The first-order valence-electron chi connectivity index (χ1n) is 9.23. The van der Waals surface area contributed by atoms with Gasteiger partial charge in [0.1, 0.15) is 5.00 Å². The van der Waals surface area contributed by atoms with Crippen LogP contribution in [-0.4, -0.2) is 28.0 Å². The van der Waals surface area contributed by atoms with E-state index < -0.39 is 0 Å². The van der Waals surface area contributed by atoms with E-state index in [1.54, 1.807) is 16.0 Å². The average molecular weight is 526 g/mol. The lowest BCUT2D eigenvalue weighted by Gasteiger charge is -2.10. The molecule has 1 aromatic carbocycles. The van der Waals surface area contributed by atoms with E-state index in [2.05, 4.69) is 31.7 Å². The quantitative estimate of drug-likeness (QED) is 0.339. The highest BCUT2D eigenvalue weighted by Gasteiger charge is 2.27. The molecule has 0 aliphatic heterocycles. The number of aryl methyl sites for hydroxylation is 1. The van der Waals surface area contributed by atoms with E-state index >= 15 is 0 Å². The molecule has 6 nitrogen and oxygen atoms in total. The van der Waals surface area contributed by atoms with Crippen molar-refractivity contribution < 1.29 is 9.53 Å². The van der Waals surface area contributed by atoms with E-state index in [4.69, 9.17) is 28.6 Å². The Balaban J connectivity index is 1.48. The Labute approximate surface area is 196 Å². The van der Waals surface area contributed by atoms with Crippen LogP contribution in [0.2, 0.25) is 5.02 Å². The van der Waals surface area contributed by atoms with Crippen LogP contribution in [0.4, 0.5) is 10.8 Å². The van der Waals surface area contributed by atoms with E-state index in [-0.39, 0.29) is 5.97 Å². The largest absolute Gasteiger partial charge is 0.465 e. The van der Waals surface area contributed by atoms with Crippen LogP contribution in [0.3, 0.4) is 0 Å². The molecule has 0 saturated heterocycles. The number of thiocarbonyl (C=S) groups is 1. The predicted octanol–water partition coefficient (Wildman–Crippen LogP) is 5.49. The minimum absolute atomic E-state index is 0.343. The molecule has 0 radical (unpaired) electrons. The van der Waals surface area contributed by atoms with Crippen molar-refractivity contribution in [1.82, 2.24) is 9.78 Å². The van der Waals surface area contributed by atoms with Gasteiger partial charge >= 0.3 is 5.97 Å². The molecule has 0 saturated carbocycles. The summed E-state index contributed by atoms with van der Waals surface area (Å²) < 4.78 is 7.52. The van der Waals surface area contributed by atoms with Crippen LogP contribution in [0.15, 0.2) is 34.9 Å².